The van der Waals surface area contributed by atoms with Gasteiger partial charge in [0.15, 0.2) is 0 Å². The highest BCUT2D eigenvalue weighted by atomic mass is 28.3. The maximum Gasteiger partial charge on any atom is 0.0406 e. The van der Waals surface area contributed by atoms with Gasteiger partial charge in [0.05, 0.1) is 0 Å². The molecule has 1 atom stereocenters. The highest BCUT2D eigenvalue weighted by Gasteiger charge is 2.14. The lowest BCUT2D eigenvalue weighted by Crippen LogP contribution is -2.29. The first-order valence-corrected chi connectivity index (χ1v) is 8.67. The van der Waals surface area contributed by atoms with E-state index in [9.17, 15) is 0 Å². The molecular formula is C12H29NSi. The molecule has 86 valence electrons. The molecule has 0 N–H and O–H groups in total. The van der Waals surface area contributed by atoms with Crippen LogP contribution in [0.25, 0.3) is 0 Å². The molecule has 0 saturated carbocycles. The van der Waals surface area contributed by atoms with Crippen LogP contribution in [0.2, 0.25) is 17.6 Å². The Labute approximate surface area is 92.5 Å². The van der Waals surface area contributed by atoms with E-state index < -0.39 is 8.80 Å². The molecule has 0 spiro atoms. The number of hydrogen-bond donors (Lipinski definition) is 0. The van der Waals surface area contributed by atoms with E-state index in [1.54, 1.807) is 6.04 Å². The van der Waals surface area contributed by atoms with Crippen molar-refractivity contribution in [3.05, 3.63) is 0 Å². The molecule has 0 fully saturated rings. The first-order chi connectivity index (χ1) is 6.65. The smallest absolute Gasteiger partial charge is 0.0406 e. The highest BCUT2D eigenvalue weighted by molar-refractivity contribution is 6.60. The molecule has 0 aliphatic heterocycles. The van der Waals surface area contributed by atoms with E-state index in [0.29, 0.717) is 0 Å². The van der Waals surface area contributed by atoms with Crippen LogP contribution in [0, 0.1) is 0 Å². The van der Waals surface area contributed by atoms with E-state index >= 15 is 0 Å². The van der Waals surface area contributed by atoms with Gasteiger partial charge in [-0.25, -0.2) is 0 Å². The van der Waals surface area contributed by atoms with Crippen molar-refractivity contribution < 1.29 is 0 Å². The van der Waals surface area contributed by atoms with Crippen LogP contribution in [0.15, 0.2) is 0 Å². The molecule has 2 heteroatoms. The SMILES string of the molecule is CCC[SiH](CCN(CC)CC)C(C)C. The second-order valence-corrected chi connectivity index (χ2v) is 8.62. The second kappa shape index (κ2) is 8.48. The first kappa shape index (κ1) is 14.2. The minimum atomic E-state index is -0.433. The van der Waals surface area contributed by atoms with Gasteiger partial charge in [-0.15, -0.1) is 0 Å². The first-order valence-electron chi connectivity index (χ1n) is 6.37. The van der Waals surface area contributed by atoms with Crippen molar-refractivity contribution in [3.63, 3.8) is 0 Å². The molecule has 1 nitrogen and oxygen atoms in total. The Morgan fingerprint density at radius 3 is 1.93 bits per heavy atom. The molecule has 0 rings (SSSR count). The zero-order valence-corrected chi connectivity index (χ0v) is 12.0. The predicted octanol–water partition coefficient (Wildman–Crippen LogP) is 3.38. The Balaban J connectivity index is 3.79. The van der Waals surface area contributed by atoms with Crippen molar-refractivity contribution in [1.29, 1.82) is 0 Å². The van der Waals surface area contributed by atoms with Gasteiger partial charge in [-0.3, -0.25) is 0 Å². The summed E-state index contributed by atoms with van der Waals surface area (Å²) in [5, 5.41) is 0. The summed E-state index contributed by atoms with van der Waals surface area (Å²) < 4.78 is 0. The van der Waals surface area contributed by atoms with E-state index in [1.165, 1.54) is 32.1 Å². The Morgan fingerprint density at radius 2 is 1.57 bits per heavy atom. The fourth-order valence-corrected chi connectivity index (χ4v) is 5.13. The summed E-state index contributed by atoms with van der Waals surface area (Å²) in [4.78, 5) is 2.57. The third kappa shape index (κ3) is 5.81. The zero-order chi connectivity index (χ0) is 11.0. The van der Waals surface area contributed by atoms with Crippen LogP contribution in [0.3, 0.4) is 0 Å². The summed E-state index contributed by atoms with van der Waals surface area (Å²) in [6.07, 6.45) is 1.40. The fourth-order valence-electron chi connectivity index (χ4n) is 2.07. The van der Waals surface area contributed by atoms with Crippen molar-refractivity contribution >= 4 is 8.80 Å². The van der Waals surface area contributed by atoms with E-state index in [0.717, 1.165) is 5.54 Å². The van der Waals surface area contributed by atoms with Gasteiger partial charge in [-0.2, -0.15) is 0 Å². The van der Waals surface area contributed by atoms with E-state index in [4.69, 9.17) is 0 Å². The molecule has 1 unspecified atom stereocenters. The molecule has 0 saturated heterocycles. The lowest BCUT2D eigenvalue weighted by Gasteiger charge is -2.23. The summed E-state index contributed by atoms with van der Waals surface area (Å²) in [6.45, 7) is 15.5. The van der Waals surface area contributed by atoms with Gasteiger partial charge in [-0.1, -0.05) is 52.6 Å². The minimum Gasteiger partial charge on any atom is -0.304 e. The molecular weight excluding hydrogens is 186 g/mol. The van der Waals surface area contributed by atoms with Crippen LogP contribution in [0.1, 0.15) is 41.0 Å². The molecule has 0 aromatic heterocycles. The summed E-state index contributed by atoms with van der Waals surface area (Å²) in [6, 6.07) is 3.06. The molecule has 0 aliphatic carbocycles. The van der Waals surface area contributed by atoms with Crippen LogP contribution in [-0.4, -0.2) is 33.3 Å². The summed E-state index contributed by atoms with van der Waals surface area (Å²) in [5.74, 6) is 0. The number of rotatable bonds is 8. The van der Waals surface area contributed by atoms with Crippen LogP contribution >= 0.6 is 0 Å². The van der Waals surface area contributed by atoms with Crippen molar-refractivity contribution in [3.8, 4) is 0 Å². The topological polar surface area (TPSA) is 3.24 Å². The van der Waals surface area contributed by atoms with Crippen LogP contribution in [-0.2, 0) is 0 Å². The van der Waals surface area contributed by atoms with Crippen LogP contribution in [0.5, 0.6) is 0 Å². The molecule has 0 aromatic carbocycles. The second-order valence-electron chi connectivity index (χ2n) is 4.61. The van der Waals surface area contributed by atoms with E-state index in [2.05, 4.69) is 39.5 Å². The number of nitrogens with zero attached hydrogens (tertiary/aromatic N) is 1. The Kier molecular flexibility index (Phi) is 8.59. The third-order valence-electron chi connectivity index (χ3n) is 3.31. The molecule has 0 heterocycles. The quantitative estimate of drug-likeness (QED) is 0.561. The molecule has 0 aromatic rings. The third-order valence-corrected chi connectivity index (χ3v) is 7.52. The normalized spacial score (nSPS) is 13.9. The van der Waals surface area contributed by atoms with Crippen molar-refractivity contribution in [2.45, 2.75) is 58.7 Å². The molecule has 0 bridgehead atoms. The largest absolute Gasteiger partial charge is 0.304 e. The highest BCUT2D eigenvalue weighted by Crippen LogP contribution is 2.17. The molecule has 0 aliphatic rings. The summed E-state index contributed by atoms with van der Waals surface area (Å²) >= 11 is 0. The minimum absolute atomic E-state index is 0.433. The van der Waals surface area contributed by atoms with Crippen molar-refractivity contribution in [2.75, 3.05) is 19.6 Å². The predicted molar refractivity (Wildman–Crippen MR) is 69.9 cm³/mol. The summed E-state index contributed by atoms with van der Waals surface area (Å²) in [7, 11) is -0.433. The van der Waals surface area contributed by atoms with Gasteiger partial charge in [-0.05, 0) is 25.7 Å². The fraction of sp³-hybridized carbons (Fsp3) is 1.00. The van der Waals surface area contributed by atoms with Gasteiger partial charge in [0.2, 0.25) is 0 Å². The lowest BCUT2D eigenvalue weighted by atomic mass is 10.5. The molecule has 14 heavy (non-hydrogen) atoms. The van der Waals surface area contributed by atoms with E-state index in [1.807, 2.05) is 0 Å². The van der Waals surface area contributed by atoms with Crippen LogP contribution < -0.4 is 0 Å². The maximum atomic E-state index is 2.57. The standard InChI is InChI=1S/C12H29NSi/c1-6-10-14(12(4)5)11-9-13(7-2)8-3/h12,14H,6-11H2,1-5H3. The van der Waals surface area contributed by atoms with Crippen molar-refractivity contribution in [2.24, 2.45) is 0 Å². The van der Waals surface area contributed by atoms with Gasteiger partial charge in [0.1, 0.15) is 0 Å². The molecule has 0 amide bonds. The molecule has 0 radical (unpaired) electrons. The average Bonchev–Trinajstić information content (AvgIpc) is 2.17. The Bertz CT molecular complexity index is 121. The monoisotopic (exact) mass is 215 g/mol. The average molecular weight is 215 g/mol. The zero-order valence-electron chi connectivity index (χ0n) is 10.8. The van der Waals surface area contributed by atoms with Crippen molar-refractivity contribution in [1.82, 2.24) is 4.90 Å². The maximum absolute atomic E-state index is 2.57. The van der Waals surface area contributed by atoms with Gasteiger partial charge >= 0.3 is 0 Å². The van der Waals surface area contributed by atoms with Gasteiger partial charge < -0.3 is 4.90 Å². The van der Waals surface area contributed by atoms with E-state index in [-0.39, 0.29) is 0 Å². The Hall–Kier alpha value is 0.177. The van der Waals surface area contributed by atoms with Gasteiger partial charge in [0.25, 0.3) is 0 Å². The van der Waals surface area contributed by atoms with Crippen LogP contribution in [0.4, 0.5) is 0 Å². The van der Waals surface area contributed by atoms with Gasteiger partial charge in [0, 0.05) is 8.80 Å². The summed E-state index contributed by atoms with van der Waals surface area (Å²) in [5.41, 5.74) is 0.991. The lowest BCUT2D eigenvalue weighted by molar-refractivity contribution is 0.320. The number of hydrogen-bond acceptors (Lipinski definition) is 1. The Morgan fingerprint density at radius 1 is 1.00 bits per heavy atom.